The molecule has 0 amide bonds. The summed E-state index contributed by atoms with van der Waals surface area (Å²) in [5.41, 5.74) is 4.25. The summed E-state index contributed by atoms with van der Waals surface area (Å²) in [6, 6.07) is 0. The SMILES string of the molecule is C=CC(=N/C=C(/C)N)C(F)(F)F. The average Bonchev–Trinajstić information content (AvgIpc) is 1.85. The van der Waals surface area contributed by atoms with Gasteiger partial charge >= 0.3 is 6.18 Å². The van der Waals surface area contributed by atoms with Crippen molar-refractivity contribution in [1.82, 2.24) is 0 Å². The Kier molecular flexibility index (Phi) is 3.53. The van der Waals surface area contributed by atoms with E-state index in [1.165, 1.54) is 6.92 Å². The molecule has 0 saturated carbocycles. The predicted octanol–water partition coefficient (Wildman–Crippen LogP) is 2.00. The highest BCUT2D eigenvalue weighted by molar-refractivity contribution is 5.99. The minimum absolute atomic E-state index is 0.207. The van der Waals surface area contributed by atoms with Crippen LogP contribution in [-0.4, -0.2) is 11.9 Å². The number of rotatable bonds is 2. The van der Waals surface area contributed by atoms with Gasteiger partial charge < -0.3 is 5.73 Å². The molecule has 2 N–H and O–H groups in total. The number of hydrogen-bond donors (Lipinski definition) is 1. The fraction of sp³-hybridized carbons (Fsp3) is 0.286. The molecule has 0 aliphatic rings. The first-order chi connectivity index (χ1) is 5.38. The maximum absolute atomic E-state index is 11.9. The Bertz CT molecular complexity index is 221. The average molecular weight is 178 g/mol. The quantitative estimate of drug-likeness (QED) is 0.645. The fourth-order valence-corrected chi connectivity index (χ4v) is 0.413. The zero-order chi connectivity index (χ0) is 9.78. The molecule has 0 radical (unpaired) electrons. The number of allylic oxidation sites excluding steroid dienone is 2. The highest BCUT2D eigenvalue weighted by Crippen LogP contribution is 2.17. The van der Waals surface area contributed by atoms with Gasteiger partial charge in [0.25, 0.3) is 0 Å². The second-order valence-electron chi connectivity index (χ2n) is 2.09. The van der Waals surface area contributed by atoms with Crippen molar-refractivity contribution in [3.05, 3.63) is 24.6 Å². The minimum atomic E-state index is -4.46. The summed E-state index contributed by atoms with van der Waals surface area (Å²) in [4.78, 5) is 3.10. The molecule has 0 spiro atoms. The summed E-state index contributed by atoms with van der Waals surface area (Å²) in [5.74, 6) is 0. The largest absolute Gasteiger partial charge is 0.433 e. The second-order valence-corrected chi connectivity index (χ2v) is 2.09. The van der Waals surface area contributed by atoms with E-state index in [-0.39, 0.29) is 5.70 Å². The first-order valence-corrected chi connectivity index (χ1v) is 3.07. The van der Waals surface area contributed by atoms with Gasteiger partial charge in [0.15, 0.2) is 0 Å². The Labute approximate surface area is 68.3 Å². The van der Waals surface area contributed by atoms with Crippen LogP contribution < -0.4 is 5.73 Å². The molecule has 0 bridgehead atoms. The van der Waals surface area contributed by atoms with Gasteiger partial charge in [-0.2, -0.15) is 13.2 Å². The summed E-state index contributed by atoms with van der Waals surface area (Å²) in [7, 11) is 0. The number of hydrogen-bond acceptors (Lipinski definition) is 2. The van der Waals surface area contributed by atoms with Crippen molar-refractivity contribution in [2.24, 2.45) is 10.7 Å². The van der Waals surface area contributed by atoms with Gasteiger partial charge in [0.1, 0.15) is 5.71 Å². The van der Waals surface area contributed by atoms with Crippen LogP contribution >= 0.6 is 0 Å². The molecule has 0 aromatic heterocycles. The lowest BCUT2D eigenvalue weighted by Crippen LogP contribution is -2.20. The van der Waals surface area contributed by atoms with Gasteiger partial charge in [0.05, 0.1) is 0 Å². The summed E-state index contributed by atoms with van der Waals surface area (Å²) < 4.78 is 35.7. The van der Waals surface area contributed by atoms with Gasteiger partial charge in [0, 0.05) is 11.9 Å². The lowest BCUT2D eigenvalue weighted by Gasteiger charge is -2.03. The van der Waals surface area contributed by atoms with Crippen molar-refractivity contribution in [2.45, 2.75) is 13.1 Å². The number of alkyl halides is 3. The molecule has 0 aliphatic carbocycles. The third-order valence-corrected chi connectivity index (χ3v) is 0.891. The van der Waals surface area contributed by atoms with Crippen LogP contribution in [0.3, 0.4) is 0 Å². The Hall–Kier alpha value is -1.26. The van der Waals surface area contributed by atoms with Crippen LogP contribution in [0, 0.1) is 0 Å². The molecule has 5 heteroatoms. The Morgan fingerprint density at radius 2 is 2.00 bits per heavy atom. The summed E-state index contributed by atoms with van der Waals surface area (Å²) in [6.45, 7) is 4.43. The van der Waals surface area contributed by atoms with Crippen LogP contribution in [0.15, 0.2) is 29.5 Å². The maximum Gasteiger partial charge on any atom is 0.433 e. The topological polar surface area (TPSA) is 38.4 Å². The first-order valence-electron chi connectivity index (χ1n) is 3.07. The zero-order valence-corrected chi connectivity index (χ0v) is 6.52. The third-order valence-electron chi connectivity index (χ3n) is 0.891. The zero-order valence-electron chi connectivity index (χ0n) is 6.52. The van der Waals surface area contributed by atoms with Crippen molar-refractivity contribution in [3.8, 4) is 0 Å². The monoisotopic (exact) mass is 178 g/mol. The van der Waals surface area contributed by atoms with E-state index in [1.54, 1.807) is 0 Å². The van der Waals surface area contributed by atoms with E-state index in [0.717, 1.165) is 6.20 Å². The van der Waals surface area contributed by atoms with E-state index in [4.69, 9.17) is 5.73 Å². The molecule has 0 rings (SSSR count). The summed E-state index contributed by atoms with van der Waals surface area (Å²) >= 11 is 0. The van der Waals surface area contributed by atoms with Crippen LogP contribution in [0.1, 0.15) is 6.92 Å². The molecule has 0 unspecified atom stereocenters. The summed E-state index contributed by atoms with van der Waals surface area (Å²) in [5, 5.41) is 0. The van der Waals surface area contributed by atoms with E-state index in [9.17, 15) is 13.2 Å². The molecule has 2 nitrogen and oxygen atoms in total. The van der Waals surface area contributed by atoms with E-state index in [1.807, 2.05) is 0 Å². The minimum Gasteiger partial charge on any atom is -0.401 e. The molecule has 0 atom stereocenters. The van der Waals surface area contributed by atoms with Crippen LogP contribution in [0.4, 0.5) is 13.2 Å². The van der Waals surface area contributed by atoms with Gasteiger partial charge in [0.2, 0.25) is 0 Å². The van der Waals surface area contributed by atoms with E-state index >= 15 is 0 Å². The molecule has 0 aromatic carbocycles. The van der Waals surface area contributed by atoms with E-state index < -0.39 is 11.9 Å². The van der Waals surface area contributed by atoms with Gasteiger partial charge in [-0.25, -0.2) is 0 Å². The molecule has 0 aliphatic heterocycles. The lowest BCUT2D eigenvalue weighted by atomic mass is 10.3. The molecule has 12 heavy (non-hydrogen) atoms. The Morgan fingerprint density at radius 3 is 2.25 bits per heavy atom. The molecule has 0 aromatic rings. The molecule has 0 fully saturated rings. The van der Waals surface area contributed by atoms with Crippen LogP contribution in [0.2, 0.25) is 0 Å². The number of nitrogens with zero attached hydrogens (tertiary/aromatic N) is 1. The smallest absolute Gasteiger partial charge is 0.401 e. The standard InChI is InChI=1S/C7H9F3N2/c1-3-6(7(8,9)10)12-4-5(2)11/h3-4H,1,11H2,2H3/b5-4-,12-6?. The van der Waals surface area contributed by atoms with Crippen molar-refractivity contribution in [3.63, 3.8) is 0 Å². The van der Waals surface area contributed by atoms with Crippen molar-refractivity contribution in [1.29, 1.82) is 0 Å². The Balaban J connectivity index is 4.68. The van der Waals surface area contributed by atoms with Crippen LogP contribution in [0.25, 0.3) is 0 Å². The number of halogens is 3. The van der Waals surface area contributed by atoms with Crippen LogP contribution in [-0.2, 0) is 0 Å². The number of nitrogens with two attached hydrogens (primary N) is 1. The summed E-state index contributed by atoms with van der Waals surface area (Å²) in [6.07, 6.45) is -2.89. The molecule has 0 saturated heterocycles. The van der Waals surface area contributed by atoms with Crippen LogP contribution in [0.5, 0.6) is 0 Å². The van der Waals surface area contributed by atoms with E-state index in [0.29, 0.717) is 6.08 Å². The van der Waals surface area contributed by atoms with Crippen molar-refractivity contribution >= 4 is 5.71 Å². The first kappa shape index (κ1) is 10.7. The molecular weight excluding hydrogens is 169 g/mol. The molecular formula is C7H9F3N2. The molecule has 68 valence electrons. The van der Waals surface area contributed by atoms with E-state index in [2.05, 4.69) is 11.6 Å². The lowest BCUT2D eigenvalue weighted by molar-refractivity contribution is -0.0576. The van der Waals surface area contributed by atoms with Crippen molar-refractivity contribution in [2.75, 3.05) is 0 Å². The van der Waals surface area contributed by atoms with Gasteiger partial charge in [-0.1, -0.05) is 6.58 Å². The fourth-order valence-electron chi connectivity index (χ4n) is 0.413. The number of aliphatic imine (C=N–C) groups is 1. The predicted molar refractivity (Wildman–Crippen MR) is 41.6 cm³/mol. The highest BCUT2D eigenvalue weighted by atomic mass is 19.4. The maximum atomic E-state index is 11.9. The Morgan fingerprint density at radius 1 is 1.50 bits per heavy atom. The van der Waals surface area contributed by atoms with Crippen molar-refractivity contribution < 1.29 is 13.2 Å². The normalized spacial score (nSPS) is 14.7. The second kappa shape index (κ2) is 3.94. The molecule has 0 heterocycles. The van der Waals surface area contributed by atoms with Gasteiger partial charge in [-0.05, 0) is 13.0 Å². The third kappa shape index (κ3) is 3.80. The van der Waals surface area contributed by atoms with Gasteiger partial charge in [-0.3, -0.25) is 4.99 Å². The highest BCUT2D eigenvalue weighted by Gasteiger charge is 2.32. The van der Waals surface area contributed by atoms with Gasteiger partial charge in [-0.15, -0.1) is 0 Å².